The second kappa shape index (κ2) is 7.95. The van der Waals surface area contributed by atoms with Crippen LogP contribution >= 0.6 is 15.9 Å². The molecule has 4 nitrogen and oxygen atoms in total. The predicted molar refractivity (Wildman–Crippen MR) is 101 cm³/mol. The Kier molecular flexibility index (Phi) is 5.69. The van der Waals surface area contributed by atoms with Gasteiger partial charge in [-0.15, -0.1) is 0 Å². The molecule has 2 radical (unpaired) electrons. The number of nitrogens with one attached hydrogen (secondary N) is 1. The van der Waals surface area contributed by atoms with Crippen LogP contribution in [0.4, 0.5) is 5.69 Å². The zero-order valence-electron chi connectivity index (χ0n) is 13.7. The van der Waals surface area contributed by atoms with Gasteiger partial charge < -0.3 is 19.6 Å². The fourth-order valence-electron chi connectivity index (χ4n) is 2.80. The summed E-state index contributed by atoms with van der Waals surface area (Å²) >= 11 is 3.50. The van der Waals surface area contributed by atoms with Gasteiger partial charge >= 0.3 is 0 Å². The maximum Gasteiger partial charge on any atom is 0.182 e. The summed E-state index contributed by atoms with van der Waals surface area (Å²) in [5, 5.41) is 3.46. The highest BCUT2D eigenvalue weighted by Crippen LogP contribution is 2.33. The van der Waals surface area contributed by atoms with E-state index in [1.165, 1.54) is 0 Å². The van der Waals surface area contributed by atoms with Crippen molar-refractivity contribution in [2.24, 2.45) is 0 Å². The number of anilines is 1. The number of nitrogens with zero attached hydrogens (tertiary/aromatic N) is 1. The first-order chi connectivity index (χ1) is 11.7. The zero-order valence-corrected chi connectivity index (χ0v) is 15.3. The Labute approximate surface area is 152 Å². The molecule has 1 fully saturated rings. The second-order valence-electron chi connectivity index (χ2n) is 5.83. The van der Waals surface area contributed by atoms with E-state index in [2.05, 4.69) is 21.2 Å². The number of methoxy groups -OCH3 is 1. The lowest BCUT2D eigenvalue weighted by atomic mass is 10.1. The van der Waals surface area contributed by atoms with Gasteiger partial charge in [-0.25, -0.2) is 0 Å². The minimum absolute atomic E-state index is 0.363. The third-order valence-corrected chi connectivity index (χ3v) is 4.67. The molecule has 24 heavy (non-hydrogen) atoms. The average Bonchev–Trinajstić information content (AvgIpc) is 3.00. The van der Waals surface area contributed by atoms with E-state index in [-0.39, 0.29) is 0 Å². The minimum Gasteiger partial charge on any atom is -0.497 e. The number of hydrogen-bond acceptors (Lipinski definition) is 4. The van der Waals surface area contributed by atoms with Gasteiger partial charge in [-0.3, -0.25) is 0 Å². The standard InChI is InChI=1S/C18H20BBrN2O2/c1-23-15-5-7-16(8-6-15)24-18-11-13(20)4-9-17(18)21-12-14-3-2-10-22(14)19/h4-9,11,14,21H,2-3,10,12H2,1H3/t14-/m0/s1. The molecule has 124 valence electrons. The summed E-state index contributed by atoms with van der Waals surface area (Å²) < 4.78 is 12.2. The van der Waals surface area contributed by atoms with Crippen molar-refractivity contribution in [2.75, 3.05) is 25.5 Å². The van der Waals surface area contributed by atoms with E-state index in [9.17, 15) is 0 Å². The van der Waals surface area contributed by atoms with Gasteiger partial charge in [0.15, 0.2) is 13.7 Å². The molecule has 0 bridgehead atoms. The van der Waals surface area contributed by atoms with Crippen molar-refractivity contribution >= 4 is 29.6 Å². The number of halogens is 1. The maximum atomic E-state index is 6.04. The van der Waals surface area contributed by atoms with Gasteiger partial charge in [0.1, 0.15) is 11.5 Å². The van der Waals surface area contributed by atoms with Crippen molar-refractivity contribution in [3.05, 3.63) is 46.9 Å². The van der Waals surface area contributed by atoms with Gasteiger partial charge in [0, 0.05) is 17.1 Å². The van der Waals surface area contributed by atoms with Crippen molar-refractivity contribution in [1.82, 2.24) is 4.81 Å². The number of rotatable bonds is 6. The Morgan fingerprint density at radius 1 is 1.21 bits per heavy atom. The molecule has 3 rings (SSSR count). The Morgan fingerprint density at radius 2 is 1.96 bits per heavy atom. The molecule has 1 N–H and O–H groups in total. The third-order valence-electron chi connectivity index (χ3n) is 4.18. The van der Waals surface area contributed by atoms with Crippen LogP contribution in [-0.4, -0.2) is 39.0 Å². The lowest BCUT2D eigenvalue weighted by Gasteiger charge is -2.22. The summed E-state index contributed by atoms with van der Waals surface area (Å²) in [7, 11) is 7.65. The van der Waals surface area contributed by atoms with Crippen molar-refractivity contribution in [2.45, 2.75) is 18.9 Å². The van der Waals surface area contributed by atoms with Gasteiger partial charge in [0.25, 0.3) is 0 Å². The van der Waals surface area contributed by atoms with Crippen LogP contribution in [0.25, 0.3) is 0 Å². The zero-order chi connectivity index (χ0) is 16.9. The molecule has 6 heteroatoms. The van der Waals surface area contributed by atoms with Gasteiger partial charge in [0.2, 0.25) is 0 Å². The van der Waals surface area contributed by atoms with E-state index in [1.807, 2.05) is 47.3 Å². The Hall–Kier alpha value is -1.66. The summed E-state index contributed by atoms with van der Waals surface area (Å²) in [6, 6.07) is 13.9. The first-order valence-corrected chi connectivity index (χ1v) is 8.81. The lowest BCUT2D eigenvalue weighted by Crippen LogP contribution is -2.32. The summed E-state index contributed by atoms with van der Waals surface area (Å²) in [5.74, 6) is 2.34. The topological polar surface area (TPSA) is 33.7 Å². The predicted octanol–water partition coefficient (Wildman–Crippen LogP) is 4.21. The van der Waals surface area contributed by atoms with E-state index in [0.717, 1.165) is 53.3 Å². The minimum atomic E-state index is 0.363. The highest BCUT2D eigenvalue weighted by Gasteiger charge is 2.20. The molecule has 1 saturated heterocycles. The van der Waals surface area contributed by atoms with Gasteiger partial charge in [-0.1, -0.05) is 15.9 Å². The first-order valence-electron chi connectivity index (χ1n) is 8.02. The summed E-state index contributed by atoms with van der Waals surface area (Å²) in [4.78, 5) is 1.91. The Balaban J connectivity index is 1.72. The van der Waals surface area contributed by atoms with Crippen LogP contribution in [0.2, 0.25) is 0 Å². The van der Waals surface area contributed by atoms with E-state index in [4.69, 9.17) is 17.5 Å². The molecule has 1 aliphatic rings. The highest BCUT2D eigenvalue weighted by atomic mass is 79.9. The molecule has 0 amide bonds. The normalized spacial score (nSPS) is 17.7. The Morgan fingerprint density at radius 3 is 2.62 bits per heavy atom. The first kappa shape index (κ1) is 17.2. The van der Waals surface area contributed by atoms with E-state index < -0.39 is 0 Å². The molecule has 2 aromatic carbocycles. The van der Waals surface area contributed by atoms with Crippen LogP contribution in [0.1, 0.15) is 12.8 Å². The largest absolute Gasteiger partial charge is 0.497 e. The highest BCUT2D eigenvalue weighted by molar-refractivity contribution is 9.10. The maximum absolute atomic E-state index is 6.04. The molecule has 0 aliphatic carbocycles. The molecule has 0 saturated carbocycles. The van der Waals surface area contributed by atoms with Crippen molar-refractivity contribution < 1.29 is 9.47 Å². The van der Waals surface area contributed by atoms with Crippen molar-refractivity contribution in [3.8, 4) is 17.2 Å². The summed E-state index contributed by atoms with van der Waals surface area (Å²) in [6.45, 7) is 1.76. The van der Waals surface area contributed by atoms with Crippen LogP contribution < -0.4 is 14.8 Å². The van der Waals surface area contributed by atoms with Gasteiger partial charge in [-0.05, 0) is 61.9 Å². The monoisotopic (exact) mass is 386 g/mol. The van der Waals surface area contributed by atoms with Crippen LogP contribution in [0.3, 0.4) is 0 Å². The number of hydrogen-bond donors (Lipinski definition) is 1. The van der Waals surface area contributed by atoms with E-state index in [0.29, 0.717) is 6.04 Å². The van der Waals surface area contributed by atoms with Gasteiger partial charge in [-0.2, -0.15) is 0 Å². The number of benzene rings is 2. The van der Waals surface area contributed by atoms with Crippen LogP contribution in [-0.2, 0) is 0 Å². The molecular formula is C18H20BBrN2O2. The second-order valence-corrected chi connectivity index (χ2v) is 6.75. The Bertz CT molecular complexity index is 681. The molecule has 1 atom stereocenters. The molecular weight excluding hydrogens is 367 g/mol. The molecule has 1 heterocycles. The third kappa shape index (κ3) is 4.25. The molecule has 0 unspecified atom stereocenters. The smallest absolute Gasteiger partial charge is 0.182 e. The fraction of sp³-hybridized carbons (Fsp3) is 0.333. The number of ether oxygens (including phenoxy) is 2. The van der Waals surface area contributed by atoms with Crippen LogP contribution in [0.5, 0.6) is 17.2 Å². The van der Waals surface area contributed by atoms with Crippen molar-refractivity contribution in [3.63, 3.8) is 0 Å². The lowest BCUT2D eigenvalue weighted by molar-refractivity contribution is 0.413. The summed E-state index contributed by atoms with van der Waals surface area (Å²) in [5.41, 5.74) is 0.953. The SMILES string of the molecule is [B]N1CCC[C@H]1CNc1ccc(Br)cc1Oc1ccc(OC)cc1. The quantitative estimate of drug-likeness (QED) is 0.754. The fourth-order valence-corrected chi connectivity index (χ4v) is 3.14. The van der Waals surface area contributed by atoms with Gasteiger partial charge in [0.05, 0.1) is 12.8 Å². The average molecular weight is 387 g/mol. The molecule has 1 aliphatic heterocycles. The summed E-state index contributed by atoms with van der Waals surface area (Å²) in [6.07, 6.45) is 2.27. The molecule has 2 aromatic rings. The molecule has 0 aromatic heterocycles. The van der Waals surface area contributed by atoms with Crippen LogP contribution in [0.15, 0.2) is 46.9 Å². The van der Waals surface area contributed by atoms with Crippen molar-refractivity contribution in [1.29, 1.82) is 0 Å². The van der Waals surface area contributed by atoms with E-state index in [1.54, 1.807) is 7.11 Å². The van der Waals surface area contributed by atoms with E-state index >= 15 is 0 Å². The molecule has 0 spiro atoms. The van der Waals surface area contributed by atoms with Crippen LogP contribution in [0, 0.1) is 0 Å².